The number of rotatable bonds is 4. The Bertz CT molecular complexity index is 658. The molecule has 1 aromatic carbocycles. The van der Waals surface area contributed by atoms with Gasteiger partial charge in [-0.2, -0.15) is 0 Å². The van der Waals surface area contributed by atoms with Crippen LogP contribution in [0, 0.1) is 12.7 Å². The standard InChI is InChI=1S/C16H18FN3O/c1-10-7-13(9-15(18-3)19-10)16(21)20-11(2)12-5-4-6-14(17)8-12/h4-9,11H,1-3H3,(H,18,19)(H,20,21). The molecule has 1 unspecified atom stereocenters. The van der Waals surface area contributed by atoms with E-state index >= 15 is 0 Å². The number of aromatic nitrogens is 1. The molecule has 1 aromatic heterocycles. The number of amides is 1. The van der Waals surface area contributed by atoms with Gasteiger partial charge in [0.15, 0.2) is 0 Å². The number of aryl methyl sites for hydroxylation is 1. The summed E-state index contributed by atoms with van der Waals surface area (Å²) < 4.78 is 13.2. The molecule has 21 heavy (non-hydrogen) atoms. The second-order valence-corrected chi connectivity index (χ2v) is 4.88. The number of hydrogen-bond donors (Lipinski definition) is 2. The van der Waals surface area contributed by atoms with Gasteiger partial charge in [-0.25, -0.2) is 9.37 Å². The minimum Gasteiger partial charge on any atom is -0.373 e. The lowest BCUT2D eigenvalue weighted by atomic mass is 10.1. The van der Waals surface area contributed by atoms with Crippen molar-refractivity contribution < 1.29 is 9.18 Å². The van der Waals surface area contributed by atoms with Crippen molar-refractivity contribution in [3.05, 3.63) is 59.0 Å². The molecule has 1 heterocycles. The van der Waals surface area contributed by atoms with Crippen LogP contribution in [0.25, 0.3) is 0 Å². The number of carbonyl (C=O) groups excluding carboxylic acids is 1. The highest BCUT2D eigenvalue weighted by molar-refractivity contribution is 5.95. The summed E-state index contributed by atoms with van der Waals surface area (Å²) in [4.78, 5) is 16.5. The van der Waals surface area contributed by atoms with Crippen LogP contribution >= 0.6 is 0 Å². The first kappa shape index (κ1) is 15.0. The van der Waals surface area contributed by atoms with Crippen molar-refractivity contribution in [2.24, 2.45) is 0 Å². The van der Waals surface area contributed by atoms with Gasteiger partial charge in [0.2, 0.25) is 0 Å². The molecule has 4 nitrogen and oxygen atoms in total. The first-order valence-electron chi connectivity index (χ1n) is 6.72. The van der Waals surface area contributed by atoms with E-state index in [-0.39, 0.29) is 17.8 Å². The Morgan fingerprint density at radius 1 is 1.29 bits per heavy atom. The molecule has 110 valence electrons. The Morgan fingerprint density at radius 3 is 2.71 bits per heavy atom. The Kier molecular flexibility index (Phi) is 4.52. The van der Waals surface area contributed by atoms with E-state index in [1.54, 1.807) is 31.3 Å². The van der Waals surface area contributed by atoms with Crippen molar-refractivity contribution in [3.8, 4) is 0 Å². The number of carbonyl (C=O) groups is 1. The van der Waals surface area contributed by atoms with E-state index in [1.165, 1.54) is 12.1 Å². The maximum absolute atomic E-state index is 13.2. The maximum Gasteiger partial charge on any atom is 0.251 e. The predicted molar refractivity (Wildman–Crippen MR) is 80.8 cm³/mol. The van der Waals surface area contributed by atoms with Gasteiger partial charge < -0.3 is 10.6 Å². The number of halogens is 1. The summed E-state index contributed by atoms with van der Waals surface area (Å²) in [6.45, 7) is 3.65. The normalized spacial score (nSPS) is 11.8. The molecule has 0 aliphatic rings. The third-order valence-electron chi connectivity index (χ3n) is 3.17. The summed E-state index contributed by atoms with van der Waals surface area (Å²) in [7, 11) is 1.75. The summed E-state index contributed by atoms with van der Waals surface area (Å²) in [5.74, 6) is 0.109. The number of benzene rings is 1. The van der Waals surface area contributed by atoms with Crippen LogP contribution in [-0.2, 0) is 0 Å². The molecule has 2 rings (SSSR count). The van der Waals surface area contributed by atoms with Crippen LogP contribution in [0.2, 0.25) is 0 Å². The molecule has 0 saturated carbocycles. The van der Waals surface area contributed by atoms with Crippen LogP contribution in [0.3, 0.4) is 0 Å². The highest BCUT2D eigenvalue weighted by Gasteiger charge is 2.13. The fourth-order valence-corrected chi connectivity index (χ4v) is 2.07. The Hall–Kier alpha value is -2.43. The van der Waals surface area contributed by atoms with Gasteiger partial charge in [0.25, 0.3) is 5.91 Å². The van der Waals surface area contributed by atoms with Crippen molar-refractivity contribution in [1.82, 2.24) is 10.3 Å². The van der Waals surface area contributed by atoms with Crippen LogP contribution in [0.4, 0.5) is 10.2 Å². The molecule has 0 spiro atoms. The summed E-state index contributed by atoms with van der Waals surface area (Å²) in [5, 5.41) is 5.77. The number of nitrogens with one attached hydrogen (secondary N) is 2. The van der Waals surface area contributed by atoms with E-state index in [0.29, 0.717) is 11.4 Å². The largest absolute Gasteiger partial charge is 0.373 e. The van der Waals surface area contributed by atoms with Gasteiger partial charge in [-0.05, 0) is 43.7 Å². The summed E-state index contributed by atoms with van der Waals surface area (Å²) in [6.07, 6.45) is 0. The highest BCUT2D eigenvalue weighted by Crippen LogP contribution is 2.15. The molecule has 2 aromatic rings. The van der Waals surface area contributed by atoms with Crippen molar-refractivity contribution in [1.29, 1.82) is 0 Å². The second kappa shape index (κ2) is 6.35. The summed E-state index contributed by atoms with van der Waals surface area (Å²) in [6, 6.07) is 9.33. The summed E-state index contributed by atoms with van der Waals surface area (Å²) >= 11 is 0. The third kappa shape index (κ3) is 3.78. The minimum atomic E-state index is -0.314. The molecule has 0 saturated heterocycles. The van der Waals surface area contributed by atoms with Gasteiger partial charge in [-0.15, -0.1) is 0 Å². The van der Waals surface area contributed by atoms with Crippen molar-refractivity contribution in [3.63, 3.8) is 0 Å². The monoisotopic (exact) mass is 287 g/mol. The van der Waals surface area contributed by atoms with Crippen molar-refractivity contribution in [2.45, 2.75) is 19.9 Å². The average molecular weight is 287 g/mol. The van der Waals surface area contributed by atoms with Crippen LogP contribution in [0.1, 0.15) is 34.6 Å². The highest BCUT2D eigenvalue weighted by atomic mass is 19.1. The van der Waals surface area contributed by atoms with Gasteiger partial charge in [0.05, 0.1) is 6.04 Å². The lowest BCUT2D eigenvalue weighted by Gasteiger charge is -2.15. The zero-order valence-corrected chi connectivity index (χ0v) is 12.3. The first-order valence-corrected chi connectivity index (χ1v) is 6.72. The van der Waals surface area contributed by atoms with Gasteiger partial charge in [-0.1, -0.05) is 12.1 Å². The van der Waals surface area contributed by atoms with Crippen LogP contribution in [0.15, 0.2) is 36.4 Å². The lowest BCUT2D eigenvalue weighted by Crippen LogP contribution is -2.27. The average Bonchev–Trinajstić information content (AvgIpc) is 2.46. The predicted octanol–water partition coefficient (Wildman–Crippen LogP) is 3.06. The molecule has 1 amide bonds. The number of hydrogen-bond acceptors (Lipinski definition) is 3. The minimum absolute atomic E-state index is 0.214. The summed E-state index contributed by atoms with van der Waals surface area (Å²) in [5.41, 5.74) is 2.00. The van der Waals surface area contributed by atoms with E-state index < -0.39 is 0 Å². The van der Waals surface area contributed by atoms with E-state index in [4.69, 9.17) is 0 Å². The smallest absolute Gasteiger partial charge is 0.251 e. The zero-order valence-electron chi connectivity index (χ0n) is 12.3. The number of pyridine rings is 1. The molecular formula is C16H18FN3O. The van der Waals surface area contributed by atoms with E-state index in [1.807, 2.05) is 13.8 Å². The number of nitrogens with zero attached hydrogens (tertiary/aromatic N) is 1. The fraction of sp³-hybridized carbons (Fsp3) is 0.250. The molecule has 0 bridgehead atoms. The molecular weight excluding hydrogens is 269 g/mol. The fourth-order valence-electron chi connectivity index (χ4n) is 2.07. The quantitative estimate of drug-likeness (QED) is 0.908. The molecule has 1 atom stereocenters. The van der Waals surface area contributed by atoms with Gasteiger partial charge >= 0.3 is 0 Å². The van der Waals surface area contributed by atoms with Gasteiger partial charge in [-0.3, -0.25) is 4.79 Å². The SMILES string of the molecule is CNc1cc(C(=O)NC(C)c2cccc(F)c2)cc(C)n1. The first-order chi connectivity index (χ1) is 9.99. The Balaban J connectivity index is 2.16. The van der Waals surface area contributed by atoms with Crippen molar-refractivity contribution >= 4 is 11.7 Å². The maximum atomic E-state index is 13.2. The van der Waals surface area contributed by atoms with E-state index in [0.717, 1.165) is 11.3 Å². The molecule has 0 aliphatic carbocycles. The topological polar surface area (TPSA) is 54.0 Å². The van der Waals surface area contributed by atoms with Crippen LogP contribution < -0.4 is 10.6 Å². The Morgan fingerprint density at radius 2 is 2.05 bits per heavy atom. The van der Waals surface area contributed by atoms with Crippen LogP contribution in [0.5, 0.6) is 0 Å². The Labute approximate surface area is 123 Å². The van der Waals surface area contributed by atoms with Gasteiger partial charge in [0, 0.05) is 18.3 Å². The molecule has 5 heteroatoms. The third-order valence-corrected chi connectivity index (χ3v) is 3.17. The molecule has 0 radical (unpaired) electrons. The zero-order chi connectivity index (χ0) is 15.4. The van der Waals surface area contributed by atoms with E-state index in [2.05, 4.69) is 15.6 Å². The number of anilines is 1. The van der Waals surface area contributed by atoms with E-state index in [9.17, 15) is 9.18 Å². The van der Waals surface area contributed by atoms with Crippen LogP contribution in [-0.4, -0.2) is 17.9 Å². The second-order valence-electron chi connectivity index (χ2n) is 4.88. The van der Waals surface area contributed by atoms with Crippen molar-refractivity contribution in [2.75, 3.05) is 12.4 Å². The molecule has 2 N–H and O–H groups in total. The molecule has 0 aliphatic heterocycles. The van der Waals surface area contributed by atoms with Gasteiger partial charge in [0.1, 0.15) is 11.6 Å². The lowest BCUT2D eigenvalue weighted by molar-refractivity contribution is 0.0939. The molecule has 0 fully saturated rings.